The van der Waals surface area contributed by atoms with Crippen LogP contribution in [0.15, 0.2) is 66.1 Å². The van der Waals surface area contributed by atoms with Crippen molar-refractivity contribution in [3.8, 4) is 0 Å². The molecule has 0 aliphatic rings. The quantitative estimate of drug-likeness (QED) is 0.436. The molecule has 0 N–H and O–H groups in total. The van der Waals surface area contributed by atoms with Crippen molar-refractivity contribution in [1.29, 1.82) is 0 Å². The van der Waals surface area contributed by atoms with Gasteiger partial charge in [0.1, 0.15) is 0 Å². The van der Waals surface area contributed by atoms with Gasteiger partial charge in [0.25, 0.3) is 0 Å². The molecule has 0 atom stereocenters. The van der Waals surface area contributed by atoms with Gasteiger partial charge in [-0.15, -0.1) is 0 Å². The summed E-state index contributed by atoms with van der Waals surface area (Å²) in [5, 5.41) is 0. The summed E-state index contributed by atoms with van der Waals surface area (Å²) in [7, 11) is -0.949. The van der Waals surface area contributed by atoms with Crippen LogP contribution in [0, 0.1) is 0 Å². The monoisotopic (exact) mass is 369 g/mol. The van der Waals surface area contributed by atoms with Crippen molar-refractivity contribution in [1.82, 2.24) is 4.31 Å². The van der Waals surface area contributed by atoms with Gasteiger partial charge in [0.05, 0.1) is 0 Å². The fourth-order valence-electron chi connectivity index (χ4n) is 3.18. The van der Waals surface area contributed by atoms with E-state index in [1.54, 1.807) is 0 Å². The van der Waals surface area contributed by atoms with Gasteiger partial charge in [-0.25, -0.2) is 0 Å². The van der Waals surface area contributed by atoms with Crippen LogP contribution in [0.5, 0.6) is 0 Å². The van der Waals surface area contributed by atoms with Crippen LogP contribution in [0.3, 0.4) is 0 Å². The van der Waals surface area contributed by atoms with Crippen molar-refractivity contribution in [3.05, 3.63) is 72.3 Å². The van der Waals surface area contributed by atoms with Crippen LogP contribution >= 0.6 is 10.2 Å². The van der Waals surface area contributed by atoms with Crippen LogP contribution in [0.2, 0.25) is 0 Å². The number of benzene rings is 2. The summed E-state index contributed by atoms with van der Waals surface area (Å²) in [6, 6.07) is 19.6. The summed E-state index contributed by atoms with van der Waals surface area (Å²) >= 11 is 0. The molecule has 0 amide bonds. The molecule has 0 bridgehead atoms. The van der Waals surface area contributed by atoms with Crippen molar-refractivity contribution in [2.24, 2.45) is 0 Å². The Bertz CT molecular complexity index is 665. The van der Waals surface area contributed by atoms with Crippen LogP contribution in [0.4, 0.5) is 0 Å². The van der Waals surface area contributed by atoms with E-state index in [1.807, 2.05) is 6.07 Å². The minimum absolute atomic E-state index is 0.949. The second kappa shape index (κ2) is 9.99. The first-order chi connectivity index (χ1) is 12.5. The Morgan fingerprint density at radius 1 is 0.808 bits per heavy atom. The van der Waals surface area contributed by atoms with E-state index in [9.17, 15) is 0 Å². The van der Waals surface area contributed by atoms with E-state index < -0.39 is 10.2 Å². The Morgan fingerprint density at radius 2 is 1.31 bits per heavy atom. The highest BCUT2D eigenvalue weighted by Gasteiger charge is 2.23. The molecule has 0 fully saturated rings. The zero-order valence-electron chi connectivity index (χ0n) is 17.0. The zero-order valence-corrected chi connectivity index (χ0v) is 17.8. The van der Waals surface area contributed by atoms with E-state index in [2.05, 4.69) is 85.8 Å². The van der Waals surface area contributed by atoms with Crippen LogP contribution in [-0.2, 0) is 0 Å². The highest BCUT2D eigenvalue weighted by molar-refractivity contribution is 8.30. The van der Waals surface area contributed by atoms with Crippen molar-refractivity contribution >= 4 is 15.8 Å². The lowest BCUT2D eigenvalue weighted by molar-refractivity contribution is 0.434. The summed E-state index contributed by atoms with van der Waals surface area (Å²) in [4.78, 5) is 1.47. The van der Waals surface area contributed by atoms with E-state index in [4.69, 9.17) is 0 Å². The van der Waals surface area contributed by atoms with E-state index in [0.29, 0.717) is 0 Å². The summed E-state index contributed by atoms with van der Waals surface area (Å²) < 4.78 is 2.74. The lowest BCUT2D eigenvalue weighted by atomic mass is 10.00. The predicted molar refractivity (Wildman–Crippen MR) is 120 cm³/mol. The summed E-state index contributed by atoms with van der Waals surface area (Å²) in [6.45, 7) is 11.3. The molecule has 0 unspecified atom stereocenters. The van der Waals surface area contributed by atoms with E-state index in [0.717, 1.165) is 5.57 Å². The Labute approximate surface area is 162 Å². The van der Waals surface area contributed by atoms with Gasteiger partial charge < -0.3 is 0 Å². The normalized spacial score (nSPS) is 12.3. The maximum Gasteiger partial charge on any atom is 0.00772 e. The fourth-order valence-corrected chi connectivity index (χ4v) is 5.45. The van der Waals surface area contributed by atoms with Gasteiger partial charge >= 0.3 is 0 Å². The highest BCUT2D eigenvalue weighted by Crippen LogP contribution is 2.52. The van der Waals surface area contributed by atoms with Gasteiger partial charge in [-0.3, -0.25) is 4.31 Å². The van der Waals surface area contributed by atoms with Gasteiger partial charge in [0.2, 0.25) is 0 Å². The van der Waals surface area contributed by atoms with Crippen LogP contribution in [-0.4, -0.2) is 29.9 Å². The lowest BCUT2D eigenvalue weighted by Gasteiger charge is -2.44. The summed E-state index contributed by atoms with van der Waals surface area (Å²) in [5.41, 5.74) is 3.50. The molecule has 0 saturated carbocycles. The fraction of sp³-hybridized carbons (Fsp3) is 0.417. The second-order valence-electron chi connectivity index (χ2n) is 7.28. The molecule has 2 heteroatoms. The SMILES string of the molecule is C=C(c1ccccc1)c1ccc(S(C)(C)N(CCCC)CCCC)cc1. The molecule has 2 aromatic carbocycles. The van der Waals surface area contributed by atoms with E-state index >= 15 is 0 Å². The zero-order chi connectivity index (χ0) is 19.0. The van der Waals surface area contributed by atoms with Crippen molar-refractivity contribution in [3.63, 3.8) is 0 Å². The van der Waals surface area contributed by atoms with Crippen molar-refractivity contribution in [2.75, 3.05) is 25.6 Å². The molecule has 2 rings (SSSR count). The molecule has 0 spiro atoms. The van der Waals surface area contributed by atoms with Crippen LogP contribution < -0.4 is 0 Å². The minimum Gasteiger partial charge on any atom is -0.264 e. The second-order valence-corrected chi connectivity index (χ2v) is 10.8. The maximum absolute atomic E-state index is 4.30. The average molecular weight is 370 g/mol. The Morgan fingerprint density at radius 3 is 1.81 bits per heavy atom. The molecule has 2 aromatic rings. The van der Waals surface area contributed by atoms with Crippen molar-refractivity contribution < 1.29 is 0 Å². The smallest absolute Gasteiger partial charge is 0.00772 e. The molecule has 0 aliphatic heterocycles. The first kappa shape index (κ1) is 20.8. The van der Waals surface area contributed by atoms with Gasteiger partial charge in [-0.05, 0) is 54.2 Å². The lowest BCUT2D eigenvalue weighted by Crippen LogP contribution is -2.29. The number of hydrogen-bond donors (Lipinski definition) is 0. The third-order valence-electron chi connectivity index (χ3n) is 5.07. The minimum atomic E-state index is -0.949. The highest BCUT2D eigenvalue weighted by atomic mass is 32.3. The molecule has 0 aliphatic carbocycles. The van der Waals surface area contributed by atoms with Gasteiger partial charge in [0.15, 0.2) is 0 Å². The third-order valence-corrected chi connectivity index (χ3v) is 8.15. The molecular formula is C24H35NS. The standard InChI is InChI=1S/C24H35NS/c1-6-8-19-25(20-9-7-2)26(4,5)24-17-15-23(16-18-24)21(3)22-13-11-10-12-14-22/h10-18H,3,6-9,19-20H2,1-2,4-5H3. The van der Waals surface area contributed by atoms with E-state index in [-0.39, 0.29) is 0 Å². The first-order valence-corrected chi connectivity index (χ1v) is 12.2. The third kappa shape index (κ3) is 5.25. The van der Waals surface area contributed by atoms with Crippen molar-refractivity contribution in [2.45, 2.75) is 44.4 Å². The molecular weight excluding hydrogens is 334 g/mol. The molecule has 0 aromatic heterocycles. The maximum atomic E-state index is 4.30. The van der Waals surface area contributed by atoms with E-state index in [1.165, 1.54) is 54.8 Å². The number of rotatable bonds is 10. The largest absolute Gasteiger partial charge is 0.264 e. The summed E-state index contributed by atoms with van der Waals surface area (Å²) in [6.07, 6.45) is 9.97. The number of unbranched alkanes of at least 4 members (excludes halogenated alkanes) is 2. The molecule has 1 nitrogen and oxygen atoms in total. The van der Waals surface area contributed by atoms with Crippen LogP contribution in [0.1, 0.15) is 50.7 Å². The molecule has 26 heavy (non-hydrogen) atoms. The Kier molecular flexibility index (Phi) is 7.99. The molecule has 0 radical (unpaired) electrons. The summed E-state index contributed by atoms with van der Waals surface area (Å²) in [5.74, 6) is 0. The molecule has 142 valence electrons. The van der Waals surface area contributed by atoms with Gasteiger partial charge in [-0.2, -0.15) is 10.2 Å². The average Bonchev–Trinajstić information content (AvgIpc) is 2.68. The number of hydrogen-bond acceptors (Lipinski definition) is 1. The number of nitrogens with zero attached hydrogens (tertiary/aromatic N) is 1. The predicted octanol–water partition coefficient (Wildman–Crippen LogP) is 6.99. The van der Waals surface area contributed by atoms with Crippen LogP contribution in [0.25, 0.3) is 5.57 Å². The topological polar surface area (TPSA) is 3.24 Å². The molecule has 0 saturated heterocycles. The first-order valence-electron chi connectivity index (χ1n) is 9.84. The van der Waals surface area contributed by atoms with Gasteiger partial charge in [0, 0.05) is 18.0 Å². The Hall–Kier alpha value is -1.51. The molecule has 0 heterocycles. The van der Waals surface area contributed by atoms with Gasteiger partial charge in [-0.1, -0.05) is 75.7 Å². The Balaban J connectivity index is 2.19.